The maximum Gasteiger partial charge on any atom is 0.293 e. The van der Waals surface area contributed by atoms with Gasteiger partial charge < -0.3 is 5.32 Å². The second kappa shape index (κ2) is 8.45. The summed E-state index contributed by atoms with van der Waals surface area (Å²) in [6.45, 7) is 2.26. The molecule has 0 aliphatic heterocycles. The van der Waals surface area contributed by atoms with E-state index in [4.69, 9.17) is 0 Å². The summed E-state index contributed by atoms with van der Waals surface area (Å²) in [4.78, 5) is 23.8. The zero-order valence-electron chi connectivity index (χ0n) is 12.8. The highest BCUT2D eigenvalue weighted by Crippen LogP contribution is 2.15. The van der Waals surface area contributed by atoms with Crippen molar-refractivity contribution in [2.24, 2.45) is 0 Å². The molecule has 0 heterocycles. The number of halogens is 1. The molecule has 0 bridgehead atoms. The van der Waals surface area contributed by atoms with Crippen LogP contribution in [0.4, 0.5) is 0 Å². The van der Waals surface area contributed by atoms with E-state index in [0.717, 1.165) is 5.56 Å². The Balaban J connectivity index is 1.77. The van der Waals surface area contributed by atoms with Crippen molar-refractivity contribution in [1.82, 2.24) is 10.9 Å². The van der Waals surface area contributed by atoms with E-state index in [1.165, 1.54) is 0 Å². The molecule has 120 valence electrons. The molecule has 0 aliphatic rings. The Morgan fingerprint density at radius 3 is 2.39 bits per heavy atom. The Hall–Kier alpha value is -2.18. The van der Waals surface area contributed by atoms with Crippen molar-refractivity contribution in [3.05, 3.63) is 70.2 Å². The number of hydrogen-bond donors (Lipinski definition) is 3. The molecule has 0 fully saturated rings. The van der Waals surface area contributed by atoms with E-state index in [0.29, 0.717) is 10.0 Å². The van der Waals surface area contributed by atoms with E-state index in [-0.39, 0.29) is 24.4 Å². The highest BCUT2D eigenvalue weighted by atomic mass is 79.9. The molecule has 2 aromatic rings. The van der Waals surface area contributed by atoms with Crippen LogP contribution in [-0.2, 0) is 4.79 Å². The molecule has 0 aliphatic carbocycles. The standard InChI is InChI=1S/C17H18BrN3O2/c1-12(13-7-3-2-4-8-13)19-11-16(22)20-21-17(23)14-9-5-6-10-15(14)18/h2-10,12,19H,11H2,1H3,(H,20,22)(H,21,23)/p+1/t12-/m0/s1. The van der Waals surface area contributed by atoms with E-state index >= 15 is 0 Å². The number of hydrogen-bond acceptors (Lipinski definition) is 2. The van der Waals surface area contributed by atoms with Crippen molar-refractivity contribution in [3.8, 4) is 0 Å². The lowest BCUT2D eigenvalue weighted by molar-refractivity contribution is -0.682. The maximum atomic E-state index is 12.0. The zero-order chi connectivity index (χ0) is 16.7. The SMILES string of the molecule is C[C@H]([NH2+]CC(=O)NNC(=O)c1ccccc1Br)c1ccccc1. The first-order chi connectivity index (χ1) is 11.1. The summed E-state index contributed by atoms with van der Waals surface area (Å²) in [5, 5.41) is 1.91. The van der Waals surface area contributed by atoms with Crippen molar-refractivity contribution < 1.29 is 14.9 Å². The predicted molar refractivity (Wildman–Crippen MR) is 91.4 cm³/mol. The number of nitrogens with two attached hydrogens (primary N) is 1. The third kappa shape index (κ3) is 5.19. The van der Waals surface area contributed by atoms with E-state index < -0.39 is 0 Å². The van der Waals surface area contributed by atoms with Gasteiger partial charge >= 0.3 is 0 Å². The van der Waals surface area contributed by atoms with Gasteiger partial charge in [-0.05, 0) is 35.0 Å². The van der Waals surface area contributed by atoms with Crippen molar-refractivity contribution in [1.29, 1.82) is 0 Å². The Morgan fingerprint density at radius 2 is 1.70 bits per heavy atom. The number of amides is 2. The Kier molecular flexibility index (Phi) is 6.31. The second-order valence-corrected chi connectivity index (χ2v) is 5.98. The molecular weight excluding hydrogens is 358 g/mol. The number of hydrazine groups is 1. The molecule has 0 saturated heterocycles. The van der Waals surface area contributed by atoms with E-state index in [1.807, 2.05) is 48.6 Å². The largest absolute Gasteiger partial charge is 0.332 e. The predicted octanol–water partition coefficient (Wildman–Crippen LogP) is 1.53. The Morgan fingerprint density at radius 1 is 1.04 bits per heavy atom. The minimum atomic E-state index is -0.359. The minimum absolute atomic E-state index is 0.168. The van der Waals surface area contributed by atoms with Crippen LogP contribution in [0.3, 0.4) is 0 Å². The first-order valence-corrected chi connectivity index (χ1v) is 8.09. The fourth-order valence-electron chi connectivity index (χ4n) is 2.07. The molecule has 0 aromatic heterocycles. The van der Waals surface area contributed by atoms with Gasteiger partial charge in [-0.1, -0.05) is 42.5 Å². The average molecular weight is 377 g/mol. The molecule has 0 spiro atoms. The number of carbonyl (C=O) groups excluding carboxylic acids is 2. The molecule has 0 unspecified atom stereocenters. The van der Waals surface area contributed by atoms with E-state index in [1.54, 1.807) is 18.2 Å². The lowest BCUT2D eigenvalue weighted by Crippen LogP contribution is -2.87. The fourth-order valence-corrected chi connectivity index (χ4v) is 2.53. The van der Waals surface area contributed by atoms with Crippen LogP contribution in [0.2, 0.25) is 0 Å². The minimum Gasteiger partial charge on any atom is -0.332 e. The maximum absolute atomic E-state index is 12.0. The van der Waals surface area contributed by atoms with Gasteiger partial charge in [0.15, 0.2) is 6.54 Å². The van der Waals surface area contributed by atoms with Crippen LogP contribution in [0, 0.1) is 0 Å². The van der Waals surface area contributed by atoms with Gasteiger partial charge in [-0.15, -0.1) is 0 Å². The molecule has 2 amide bonds. The van der Waals surface area contributed by atoms with Crippen LogP contribution in [0.1, 0.15) is 28.9 Å². The molecule has 1 atom stereocenters. The average Bonchev–Trinajstić information content (AvgIpc) is 2.58. The van der Waals surface area contributed by atoms with Gasteiger partial charge in [-0.2, -0.15) is 0 Å². The molecule has 6 heteroatoms. The molecule has 0 radical (unpaired) electrons. The smallest absolute Gasteiger partial charge is 0.293 e. The second-order valence-electron chi connectivity index (χ2n) is 5.12. The quantitative estimate of drug-likeness (QED) is 0.692. The van der Waals surface area contributed by atoms with Gasteiger partial charge in [0.05, 0.1) is 5.56 Å². The van der Waals surface area contributed by atoms with Crippen LogP contribution in [0.25, 0.3) is 0 Å². The third-order valence-corrected chi connectivity index (χ3v) is 4.11. The van der Waals surface area contributed by atoms with Gasteiger partial charge in [0.2, 0.25) is 0 Å². The first-order valence-electron chi connectivity index (χ1n) is 7.30. The summed E-state index contributed by atoms with van der Waals surface area (Å²) in [6.07, 6.45) is 0. The van der Waals surface area contributed by atoms with Crippen molar-refractivity contribution >= 4 is 27.7 Å². The normalized spacial score (nSPS) is 11.6. The number of rotatable bonds is 5. The molecule has 23 heavy (non-hydrogen) atoms. The van der Waals surface area contributed by atoms with Crippen LogP contribution in [0.15, 0.2) is 59.1 Å². The summed E-state index contributed by atoms with van der Waals surface area (Å²) in [5.74, 6) is -0.616. The summed E-state index contributed by atoms with van der Waals surface area (Å²) in [7, 11) is 0. The molecule has 5 nitrogen and oxygen atoms in total. The fraction of sp³-hybridized carbons (Fsp3) is 0.176. The van der Waals surface area contributed by atoms with Crippen molar-refractivity contribution in [3.63, 3.8) is 0 Å². The zero-order valence-corrected chi connectivity index (χ0v) is 14.3. The van der Waals surface area contributed by atoms with E-state index in [2.05, 4.69) is 26.8 Å². The lowest BCUT2D eigenvalue weighted by Gasteiger charge is -2.11. The molecule has 4 N–H and O–H groups in total. The first kappa shape index (κ1) is 17.2. The molecule has 0 saturated carbocycles. The number of nitrogens with one attached hydrogen (secondary N) is 2. The summed E-state index contributed by atoms with van der Waals surface area (Å²) in [5.41, 5.74) is 6.46. The summed E-state index contributed by atoms with van der Waals surface area (Å²) in [6, 6.07) is 17.1. The summed E-state index contributed by atoms with van der Waals surface area (Å²) >= 11 is 3.30. The van der Waals surface area contributed by atoms with Crippen molar-refractivity contribution in [2.45, 2.75) is 13.0 Å². The number of carbonyl (C=O) groups is 2. The van der Waals surface area contributed by atoms with Crippen LogP contribution in [0.5, 0.6) is 0 Å². The highest BCUT2D eigenvalue weighted by Gasteiger charge is 2.13. The highest BCUT2D eigenvalue weighted by molar-refractivity contribution is 9.10. The molecule has 2 aromatic carbocycles. The topological polar surface area (TPSA) is 74.8 Å². The van der Waals surface area contributed by atoms with Gasteiger partial charge in [0.1, 0.15) is 6.04 Å². The molecular formula is C17H19BrN3O2+. The van der Waals surface area contributed by atoms with Crippen LogP contribution < -0.4 is 16.2 Å². The Bertz CT molecular complexity index is 677. The monoisotopic (exact) mass is 376 g/mol. The third-order valence-electron chi connectivity index (χ3n) is 3.42. The van der Waals surface area contributed by atoms with Crippen LogP contribution >= 0.6 is 15.9 Å². The van der Waals surface area contributed by atoms with Crippen LogP contribution in [-0.4, -0.2) is 18.4 Å². The number of quaternary nitrogens is 1. The van der Waals surface area contributed by atoms with Gasteiger partial charge in [0, 0.05) is 10.0 Å². The van der Waals surface area contributed by atoms with Gasteiger partial charge in [0.25, 0.3) is 11.8 Å². The molecule has 2 rings (SSSR count). The van der Waals surface area contributed by atoms with Crippen molar-refractivity contribution in [2.75, 3.05) is 6.54 Å². The van der Waals surface area contributed by atoms with Gasteiger partial charge in [-0.25, -0.2) is 0 Å². The van der Waals surface area contributed by atoms with E-state index in [9.17, 15) is 9.59 Å². The van der Waals surface area contributed by atoms with Gasteiger partial charge in [-0.3, -0.25) is 20.4 Å². The Labute approximate surface area is 143 Å². The lowest BCUT2D eigenvalue weighted by atomic mass is 10.1. The summed E-state index contributed by atoms with van der Waals surface area (Å²) < 4.78 is 0.677. The number of benzene rings is 2.